The second-order valence-corrected chi connectivity index (χ2v) is 6.60. The van der Waals surface area contributed by atoms with Crippen molar-refractivity contribution in [3.63, 3.8) is 0 Å². The summed E-state index contributed by atoms with van der Waals surface area (Å²) >= 11 is 0. The van der Waals surface area contributed by atoms with Gasteiger partial charge in [0.2, 0.25) is 0 Å². The number of pyridine rings is 1. The number of benzene rings is 1. The normalized spacial score (nSPS) is 16.7. The van der Waals surface area contributed by atoms with Crippen LogP contribution in [0.25, 0.3) is 10.9 Å². The van der Waals surface area contributed by atoms with Crippen LogP contribution in [0.15, 0.2) is 29.1 Å². The molecule has 0 saturated heterocycles. The molecule has 0 bridgehead atoms. The van der Waals surface area contributed by atoms with Gasteiger partial charge in [-0.05, 0) is 37.5 Å². The molecular formula is C17H20N2O4. The van der Waals surface area contributed by atoms with Crippen molar-refractivity contribution in [2.24, 2.45) is 5.73 Å². The third-order valence-electron chi connectivity index (χ3n) is 4.40. The quantitative estimate of drug-likeness (QED) is 0.900. The van der Waals surface area contributed by atoms with Crippen LogP contribution < -0.4 is 11.3 Å². The summed E-state index contributed by atoms with van der Waals surface area (Å²) in [6.45, 7) is 4.08. The van der Waals surface area contributed by atoms with Crippen molar-refractivity contribution in [2.45, 2.75) is 44.9 Å². The van der Waals surface area contributed by atoms with E-state index in [-0.39, 0.29) is 18.1 Å². The molecule has 1 aromatic carbocycles. The van der Waals surface area contributed by atoms with Gasteiger partial charge in [-0.2, -0.15) is 0 Å². The maximum absolute atomic E-state index is 12.2. The molecule has 0 saturated carbocycles. The Labute approximate surface area is 133 Å². The lowest BCUT2D eigenvalue weighted by Gasteiger charge is -2.27. The highest BCUT2D eigenvalue weighted by atomic mass is 16.6. The van der Waals surface area contributed by atoms with Gasteiger partial charge in [0.25, 0.3) is 5.56 Å². The molecule has 3 N–H and O–H groups in total. The van der Waals surface area contributed by atoms with Gasteiger partial charge in [0.1, 0.15) is 5.60 Å². The highest BCUT2D eigenvalue weighted by Crippen LogP contribution is 2.39. The molecule has 1 amide bonds. The number of carbonyl (C=O) groups is 1. The molecule has 2 heterocycles. The molecule has 2 aromatic rings. The SMILES string of the molecule is CC(C)(C[C@H]1Cn2c(=O)ccc3c(CO)ccc1c32)OC(N)=O. The van der Waals surface area contributed by atoms with Crippen LogP contribution in [-0.2, 0) is 17.9 Å². The summed E-state index contributed by atoms with van der Waals surface area (Å²) in [6, 6.07) is 7.12. The van der Waals surface area contributed by atoms with Crippen molar-refractivity contribution in [2.75, 3.05) is 0 Å². The molecule has 6 heteroatoms. The Balaban J connectivity index is 2.05. The topological polar surface area (TPSA) is 94.6 Å². The fraction of sp³-hybridized carbons (Fsp3) is 0.412. The first-order chi connectivity index (χ1) is 10.8. The molecule has 23 heavy (non-hydrogen) atoms. The zero-order chi connectivity index (χ0) is 16.8. The van der Waals surface area contributed by atoms with Crippen molar-refractivity contribution in [1.82, 2.24) is 4.57 Å². The number of ether oxygens (including phenoxy) is 1. The van der Waals surface area contributed by atoms with Gasteiger partial charge in [0, 0.05) is 23.9 Å². The molecule has 1 aromatic heterocycles. The number of amides is 1. The van der Waals surface area contributed by atoms with E-state index in [9.17, 15) is 14.7 Å². The van der Waals surface area contributed by atoms with Gasteiger partial charge in [0.15, 0.2) is 0 Å². The van der Waals surface area contributed by atoms with Crippen molar-refractivity contribution in [3.05, 3.63) is 45.7 Å². The Bertz CT molecular complexity index is 838. The molecule has 0 fully saturated rings. The van der Waals surface area contributed by atoms with E-state index >= 15 is 0 Å². The fourth-order valence-corrected chi connectivity index (χ4v) is 3.56. The molecule has 1 atom stereocenters. The summed E-state index contributed by atoms with van der Waals surface area (Å²) in [7, 11) is 0. The standard InChI is InChI=1S/C17H20N2O4/c1-17(2,23-16(18)22)7-11-8-19-14(21)6-5-12-10(9-20)3-4-13(11)15(12)19/h3-6,11,20H,7-9H2,1-2H3,(H2,18,22)/t11-/m0/s1. The summed E-state index contributed by atoms with van der Waals surface area (Å²) in [6.07, 6.45) is -0.242. The van der Waals surface area contributed by atoms with E-state index in [4.69, 9.17) is 10.5 Å². The van der Waals surface area contributed by atoms with E-state index in [1.54, 1.807) is 10.6 Å². The number of carbonyl (C=O) groups excluding carboxylic acids is 1. The number of hydrogen-bond donors (Lipinski definition) is 2. The van der Waals surface area contributed by atoms with E-state index in [1.165, 1.54) is 6.07 Å². The van der Waals surface area contributed by atoms with E-state index in [0.29, 0.717) is 13.0 Å². The first-order valence-corrected chi connectivity index (χ1v) is 7.57. The monoisotopic (exact) mass is 316 g/mol. The number of primary amides is 1. The van der Waals surface area contributed by atoms with Crippen LogP contribution in [0.3, 0.4) is 0 Å². The fourth-order valence-electron chi connectivity index (χ4n) is 3.56. The van der Waals surface area contributed by atoms with Crippen LogP contribution in [0, 0.1) is 0 Å². The smallest absolute Gasteiger partial charge is 0.405 e. The Morgan fingerprint density at radius 1 is 1.39 bits per heavy atom. The lowest BCUT2D eigenvalue weighted by atomic mass is 9.88. The largest absolute Gasteiger partial charge is 0.444 e. The third-order valence-corrected chi connectivity index (χ3v) is 4.40. The van der Waals surface area contributed by atoms with E-state index in [2.05, 4.69) is 0 Å². The predicted octanol–water partition coefficient (Wildman–Crippen LogP) is 1.85. The number of aromatic nitrogens is 1. The first kappa shape index (κ1) is 15.6. The Morgan fingerprint density at radius 3 is 2.78 bits per heavy atom. The van der Waals surface area contributed by atoms with Crippen molar-refractivity contribution in [3.8, 4) is 0 Å². The van der Waals surface area contributed by atoms with Gasteiger partial charge >= 0.3 is 6.09 Å². The molecule has 3 rings (SSSR count). The maximum Gasteiger partial charge on any atom is 0.405 e. The lowest BCUT2D eigenvalue weighted by molar-refractivity contribution is 0.0331. The highest BCUT2D eigenvalue weighted by molar-refractivity contribution is 5.87. The minimum absolute atomic E-state index is 0.0506. The van der Waals surface area contributed by atoms with E-state index in [1.807, 2.05) is 26.0 Å². The Hall–Kier alpha value is -2.34. The molecule has 122 valence electrons. The van der Waals surface area contributed by atoms with Gasteiger partial charge in [-0.15, -0.1) is 0 Å². The molecule has 1 aliphatic rings. The maximum atomic E-state index is 12.2. The summed E-state index contributed by atoms with van der Waals surface area (Å²) < 4.78 is 6.91. The van der Waals surface area contributed by atoms with E-state index < -0.39 is 11.7 Å². The molecule has 0 aliphatic carbocycles. The van der Waals surface area contributed by atoms with Crippen molar-refractivity contribution >= 4 is 17.0 Å². The minimum Gasteiger partial charge on any atom is -0.444 e. The van der Waals surface area contributed by atoms with Crippen LogP contribution in [0.1, 0.15) is 37.3 Å². The number of aliphatic hydroxyl groups is 1. The number of nitrogens with two attached hydrogens (primary N) is 1. The lowest BCUT2D eigenvalue weighted by Crippen LogP contribution is -2.33. The van der Waals surface area contributed by atoms with Gasteiger partial charge in [-0.25, -0.2) is 4.79 Å². The number of aliphatic hydroxyl groups excluding tert-OH is 1. The zero-order valence-electron chi connectivity index (χ0n) is 13.2. The van der Waals surface area contributed by atoms with Crippen molar-refractivity contribution < 1.29 is 14.6 Å². The summed E-state index contributed by atoms with van der Waals surface area (Å²) in [5.41, 5.74) is 7.05. The second-order valence-electron chi connectivity index (χ2n) is 6.60. The molecule has 0 spiro atoms. The Kier molecular flexibility index (Phi) is 3.64. The average molecular weight is 316 g/mol. The minimum atomic E-state index is -0.802. The second kappa shape index (κ2) is 5.38. The van der Waals surface area contributed by atoms with Gasteiger partial charge < -0.3 is 20.1 Å². The van der Waals surface area contributed by atoms with E-state index in [0.717, 1.165) is 22.0 Å². The molecule has 0 unspecified atom stereocenters. The first-order valence-electron chi connectivity index (χ1n) is 7.57. The highest BCUT2D eigenvalue weighted by Gasteiger charge is 2.33. The van der Waals surface area contributed by atoms with Crippen LogP contribution >= 0.6 is 0 Å². The van der Waals surface area contributed by atoms with Crippen LogP contribution in [-0.4, -0.2) is 21.4 Å². The molecule has 1 aliphatic heterocycles. The van der Waals surface area contributed by atoms with Crippen LogP contribution in [0.5, 0.6) is 0 Å². The van der Waals surface area contributed by atoms with Crippen molar-refractivity contribution in [1.29, 1.82) is 0 Å². The zero-order valence-corrected chi connectivity index (χ0v) is 13.2. The number of hydrogen-bond acceptors (Lipinski definition) is 4. The summed E-state index contributed by atoms with van der Waals surface area (Å²) in [4.78, 5) is 23.2. The average Bonchev–Trinajstić information content (AvgIpc) is 2.81. The molecule has 0 radical (unpaired) electrons. The van der Waals surface area contributed by atoms with Gasteiger partial charge in [-0.3, -0.25) is 4.79 Å². The number of nitrogens with zero attached hydrogens (tertiary/aromatic N) is 1. The predicted molar refractivity (Wildman–Crippen MR) is 86.2 cm³/mol. The summed E-state index contributed by atoms with van der Waals surface area (Å²) in [5, 5.41) is 10.4. The van der Waals surface area contributed by atoms with Crippen LogP contribution in [0.2, 0.25) is 0 Å². The molecule has 6 nitrogen and oxygen atoms in total. The number of rotatable bonds is 4. The van der Waals surface area contributed by atoms with Crippen LogP contribution in [0.4, 0.5) is 4.79 Å². The molecular weight excluding hydrogens is 296 g/mol. The van der Waals surface area contributed by atoms with Gasteiger partial charge in [0.05, 0.1) is 12.1 Å². The summed E-state index contributed by atoms with van der Waals surface area (Å²) in [5.74, 6) is 0.0506. The third kappa shape index (κ3) is 2.70. The Morgan fingerprint density at radius 2 is 2.13 bits per heavy atom. The van der Waals surface area contributed by atoms with Gasteiger partial charge in [-0.1, -0.05) is 12.1 Å².